The minimum atomic E-state index is -0.543. The third kappa shape index (κ3) is 3.76. The first kappa shape index (κ1) is 14.8. The molecule has 1 saturated carbocycles. The molecular weight excluding hydrogens is 286 g/mol. The quantitative estimate of drug-likeness (QED) is 0.853. The standard InChI is InChI=1S/C16H22ClN3O/c17-13-5-6-15-19-14(11-20(15)10-13)9-18-12-16(21)7-3-1-2-4-8-16/h5-6,10-11,18,21H,1-4,7-9,12H2. The van der Waals surface area contributed by atoms with Crippen LogP contribution in [0.25, 0.3) is 5.65 Å². The third-order valence-electron chi connectivity index (χ3n) is 4.26. The summed E-state index contributed by atoms with van der Waals surface area (Å²) < 4.78 is 1.93. The molecule has 3 rings (SSSR count). The van der Waals surface area contributed by atoms with Crippen LogP contribution >= 0.6 is 11.6 Å². The number of rotatable bonds is 4. The number of imidazole rings is 1. The summed E-state index contributed by atoms with van der Waals surface area (Å²) in [5.41, 5.74) is 1.32. The normalized spacial score (nSPS) is 18.8. The number of aromatic nitrogens is 2. The molecule has 0 amide bonds. The van der Waals surface area contributed by atoms with Crippen LogP contribution < -0.4 is 5.32 Å². The third-order valence-corrected chi connectivity index (χ3v) is 4.48. The van der Waals surface area contributed by atoms with Gasteiger partial charge in [-0.1, -0.05) is 37.3 Å². The van der Waals surface area contributed by atoms with Gasteiger partial charge in [-0.25, -0.2) is 4.98 Å². The number of nitrogens with zero attached hydrogens (tertiary/aromatic N) is 2. The van der Waals surface area contributed by atoms with Gasteiger partial charge in [0.2, 0.25) is 0 Å². The highest BCUT2D eigenvalue weighted by atomic mass is 35.5. The van der Waals surface area contributed by atoms with Crippen LogP contribution in [0.15, 0.2) is 24.5 Å². The van der Waals surface area contributed by atoms with Gasteiger partial charge in [0.05, 0.1) is 16.3 Å². The second-order valence-corrected chi connectivity index (χ2v) is 6.52. The average molecular weight is 308 g/mol. The second kappa shape index (κ2) is 6.34. The van der Waals surface area contributed by atoms with Gasteiger partial charge in [0, 0.05) is 25.5 Å². The van der Waals surface area contributed by atoms with Crippen molar-refractivity contribution in [2.45, 2.75) is 50.7 Å². The van der Waals surface area contributed by atoms with Crippen LogP contribution in [-0.2, 0) is 6.54 Å². The molecule has 5 heteroatoms. The van der Waals surface area contributed by atoms with Gasteiger partial charge in [-0.05, 0) is 25.0 Å². The molecule has 2 N–H and O–H groups in total. The molecule has 2 aromatic rings. The lowest BCUT2D eigenvalue weighted by molar-refractivity contribution is 0.0250. The lowest BCUT2D eigenvalue weighted by atomic mass is 9.94. The predicted octanol–water partition coefficient (Wildman–Crippen LogP) is 3.16. The van der Waals surface area contributed by atoms with E-state index in [1.165, 1.54) is 12.8 Å². The zero-order chi connectivity index (χ0) is 14.7. The fourth-order valence-electron chi connectivity index (χ4n) is 3.09. The van der Waals surface area contributed by atoms with Crippen LogP contribution in [0.4, 0.5) is 0 Å². The summed E-state index contributed by atoms with van der Waals surface area (Å²) in [4.78, 5) is 4.54. The monoisotopic (exact) mass is 307 g/mol. The van der Waals surface area contributed by atoms with Crippen LogP contribution in [0.5, 0.6) is 0 Å². The molecular formula is C16H22ClN3O. The van der Waals surface area contributed by atoms with Gasteiger partial charge in [-0.2, -0.15) is 0 Å². The number of fused-ring (bicyclic) bond motifs is 1. The molecule has 0 unspecified atom stereocenters. The van der Waals surface area contributed by atoms with Gasteiger partial charge in [0.1, 0.15) is 5.65 Å². The Kier molecular flexibility index (Phi) is 4.48. The largest absolute Gasteiger partial charge is 0.389 e. The van der Waals surface area contributed by atoms with Crippen LogP contribution in [0.2, 0.25) is 5.02 Å². The van der Waals surface area contributed by atoms with Gasteiger partial charge >= 0.3 is 0 Å². The molecule has 0 atom stereocenters. The van der Waals surface area contributed by atoms with Gasteiger partial charge < -0.3 is 14.8 Å². The molecule has 0 bridgehead atoms. The predicted molar refractivity (Wildman–Crippen MR) is 84.6 cm³/mol. The molecule has 2 aromatic heterocycles. The molecule has 0 saturated heterocycles. The number of pyridine rings is 1. The average Bonchev–Trinajstić information content (AvgIpc) is 2.71. The van der Waals surface area contributed by atoms with Crippen LogP contribution in [0, 0.1) is 0 Å². The first-order valence-corrected chi connectivity index (χ1v) is 8.09. The van der Waals surface area contributed by atoms with E-state index in [-0.39, 0.29) is 0 Å². The summed E-state index contributed by atoms with van der Waals surface area (Å²) in [7, 11) is 0. The fraction of sp³-hybridized carbons (Fsp3) is 0.562. The Morgan fingerprint density at radius 2 is 1.95 bits per heavy atom. The molecule has 2 heterocycles. The van der Waals surface area contributed by atoms with Gasteiger partial charge in [0.25, 0.3) is 0 Å². The van der Waals surface area contributed by atoms with Gasteiger partial charge in [-0.3, -0.25) is 0 Å². The van der Waals surface area contributed by atoms with E-state index in [2.05, 4.69) is 10.3 Å². The van der Waals surface area contributed by atoms with Crippen molar-refractivity contribution in [3.05, 3.63) is 35.2 Å². The Labute approximate surface area is 130 Å². The van der Waals surface area contributed by atoms with Crippen molar-refractivity contribution in [3.8, 4) is 0 Å². The molecule has 21 heavy (non-hydrogen) atoms. The molecule has 0 aromatic carbocycles. The van der Waals surface area contributed by atoms with E-state index in [1.54, 1.807) is 0 Å². The SMILES string of the molecule is OC1(CNCc2cn3cc(Cl)ccc3n2)CCCCCC1. The van der Waals surface area contributed by atoms with E-state index < -0.39 is 5.60 Å². The minimum absolute atomic E-state index is 0.543. The van der Waals surface area contributed by atoms with E-state index in [0.717, 1.165) is 37.0 Å². The molecule has 4 nitrogen and oxygen atoms in total. The highest BCUT2D eigenvalue weighted by Crippen LogP contribution is 2.26. The summed E-state index contributed by atoms with van der Waals surface area (Å²) in [5, 5.41) is 14.7. The van der Waals surface area contributed by atoms with E-state index >= 15 is 0 Å². The highest BCUT2D eigenvalue weighted by Gasteiger charge is 2.27. The molecule has 0 spiro atoms. The summed E-state index contributed by atoms with van der Waals surface area (Å²) >= 11 is 5.97. The number of hydrogen-bond acceptors (Lipinski definition) is 3. The maximum Gasteiger partial charge on any atom is 0.137 e. The van der Waals surface area contributed by atoms with Crippen LogP contribution in [0.1, 0.15) is 44.2 Å². The Bertz CT molecular complexity index is 603. The van der Waals surface area contributed by atoms with E-state index in [1.807, 2.05) is 28.9 Å². The maximum absolute atomic E-state index is 10.6. The topological polar surface area (TPSA) is 49.6 Å². The minimum Gasteiger partial charge on any atom is -0.389 e. The number of aliphatic hydroxyl groups is 1. The van der Waals surface area contributed by atoms with Crippen LogP contribution in [-0.4, -0.2) is 26.6 Å². The van der Waals surface area contributed by atoms with Gasteiger partial charge in [0.15, 0.2) is 0 Å². The van der Waals surface area contributed by atoms with Crippen molar-refractivity contribution in [2.24, 2.45) is 0 Å². The Hall–Kier alpha value is -1.10. The van der Waals surface area contributed by atoms with E-state index in [9.17, 15) is 5.11 Å². The number of halogens is 1. The zero-order valence-corrected chi connectivity index (χ0v) is 12.9. The fourth-order valence-corrected chi connectivity index (χ4v) is 3.26. The summed E-state index contributed by atoms with van der Waals surface area (Å²) in [6.07, 6.45) is 10.4. The van der Waals surface area contributed by atoms with Crippen molar-refractivity contribution in [1.82, 2.24) is 14.7 Å². The molecule has 1 aliphatic rings. The Morgan fingerprint density at radius 3 is 2.71 bits per heavy atom. The van der Waals surface area contributed by atoms with Crippen molar-refractivity contribution >= 4 is 17.2 Å². The molecule has 114 valence electrons. The summed E-state index contributed by atoms with van der Waals surface area (Å²) in [5.74, 6) is 0. The second-order valence-electron chi connectivity index (χ2n) is 6.09. The molecule has 1 aliphatic carbocycles. The van der Waals surface area contributed by atoms with Crippen molar-refractivity contribution in [1.29, 1.82) is 0 Å². The Morgan fingerprint density at radius 1 is 1.19 bits per heavy atom. The maximum atomic E-state index is 10.6. The van der Waals surface area contributed by atoms with Gasteiger partial charge in [-0.15, -0.1) is 0 Å². The zero-order valence-electron chi connectivity index (χ0n) is 12.2. The van der Waals surface area contributed by atoms with Crippen molar-refractivity contribution in [3.63, 3.8) is 0 Å². The lowest BCUT2D eigenvalue weighted by Crippen LogP contribution is -2.39. The van der Waals surface area contributed by atoms with E-state index in [0.29, 0.717) is 18.1 Å². The highest BCUT2D eigenvalue weighted by molar-refractivity contribution is 6.30. The Balaban J connectivity index is 1.58. The summed E-state index contributed by atoms with van der Waals surface area (Å²) in [6.45, 7) is 1.31. The first-order valence-electron chi connectivity index (χ1n) is 7.71. The van der Waals surface area contributed by atoms with Crippen molar-refractivity contribution < 1.29 is 5.11 Å². The number of hydrogen-bond donors (Lipinski definition) is 2. The first-order chi connectivity index (χ1) is 10.1. The number of nitrogens with one attached hydrogen (secondary N) is 1. The summed E-state index contributed by atoms with van der Waals surface area (Å²) in [6, 6.07) is 3.75. The molecule has 1 fully saturated rings. The van der Waals surface area contributed by atoms with E-state index in [4.69, 9.17) is 11.6 Å². The molecule has 0 radical (unpaired) electrons. The van der Waals surface area contributed by atoms with Crippen molar-refractivity contribution in [2.75, 3.05) is 6.54 Å². The smallest absolute Gasteiger partial charge is 0.137 e. The van der Waals surface area contributed by atoms with Crippen LogP contribution in [0.3, 0.4) is 0 Å². The lowest BCUT2D eigenvalue weighted by Gasteiger charge is -2.26. The molecule has 0 aliphatic heterocycles.